The first kappa shape index (κ1) is 24.0. The van der Waals surface area contributed by atoms with Crippen molar-refractivity contribution in [2.45, 2.75) is 20.8 Å². The van der Waals surface area contributed by atoms with Gasteiger partial charge in [-0.1, -0.05) is 0 Å². The van der Waals surface area contributed by atoms with Crippen molar-refractivity contribution in [1.82, 2.24) is 0 Å². The molecule has 0 N–H and O–H groups in total. The summed E-state index contributed by atoms with van der Waals surface area (Å²) in [6.07, 6.45) is 0. The van der Waals surface area contributed by atoms with Gasteiger partial charge in [0.05, 0.1) is 9.79 Å². The van der Waals surface area contributed by atoms with Gasteiger partial charge in [0.15, 0.2) is 0 Å². The van der Waals surface area contributed by atoms with Crippen molar-refractivity contribution in [3.05, 3.63) is 45.3 Å². The van der Waals surface area contributed by atoms with Gasteiger partial charge in [-0.05, 0) is 68.3 Å². The van der Waals surface area contributed by atoms with E-state index in [1.807, 2.05) is 0 Å². The molecular formula is C14H6Br2F6O5S2. The Morgan fingerprint density at radius 3 is 1.21 bits per heavy atom. The summed E-state index contributed by atoms with van der Waals surface area (Å²) in [7, 11) is -11.2. The van der Waals surface area contributed by atoms with Gasteiger partial charge in [0.2, 0.25) is 0 Å². The molecule has 0 bridgehead atoms. The second-order valence-corrected chi connectivity index (χ2v) is 10.7. The maximum absolute atomic E-state index is 12.6. The van der Waals surface area contributed by atoms with Crippen LogP contribution in [0.2, 0.25) is 0 Å². The van der Waals surface area contributed by atoms with Crippen LogP contribution in [0.15, 0.2) is 55.1 Å². The molecule has 160 valence electrons. The van der Waals surface area contributed by atoms with Gasteiger partial charge in [0, 0.05) is 8.95 Å². The van der Waals surface area contributed by atoms with Crippen molar-refractivity contribution < 1.29 is 47.9 Å². The van der Waals surface area contributed by atoms with Crippen molar-refractivity contribution >= 4 is 51.5 Å². The van der Waals surface area contributed by atoms with Gasteiger partial charge >= 0.3 is 11.0 Å². The molecule has 0 radical (unpaired) electrons. The Morgan fingerprint density at radius 2 is 0.966 bits per heavy atom. The predicted molar refractivity (Wildman–Crippen MR) is 94.8 cm³/mol. The lowest BCUT2D eigenvalue weighted by atomic mass is 10.3. The summed E-state index contributed by atoms with van der Waals surface area (Å²) in [5.41, 5.74) is -11.1. The third-order valence-electron chi connectivity index (χ3n) is 3.23. The number of benzene rings is 2. The van der Waals surface area contributed by atoms with E-state index in [0.717, 1.165) is 24.3 Å². The van der Waals surface area contributed by atoms with Crippen LogP contribution in [-0.2, 0) is 19.7 Å². The fraction of sp³-hybridized carbons (Fsp3) is 0.143. The van der Waals surface area contributed by atoms with Crippen molar-refractivity contribution in [3.63, 3.8) is 0 Å². The maximum atomic E-state index is 12.6. The molecule has 15 heteroatoms. The minimum Gasteiger partial charge on any atom is -0.457 e. The van der Waals surface area contributed by atoms with Gasteiger partial charge in [0.1, 0.15) is 11.5 Å². The first-order valence-electron chi connectivity index (χ1n) is 6.88. The van der Waals surface area contributed by atoms with Crippen LogP contribution in [0.5, 0.6) is 11.5 Å². The number of hydrogen-bond donors (Lipinski definition) is 0. The molecule has 0 aliphatic rings. The first-order chi connectivity index (χ1) is 13.0. The van der Waals surface area contributed by atoms with Crippen LogP contribution in [0.1, 0.15) is 0 Å². The van der Waals surface area contributed by atoms with Gasteiger partial charge in [0.25, 0.3) is 19.7 Å². The fourth-order valence-corrected chi connectivity index (χ4v) is 5.53. The molecule has 0 saturated carbocycles. The largest absolute Gasteiger partial charge is 0.501 e. The van der Waals surface area contributed by atoms with E-state index < -0.39 is 49.4 Å². The molecule has 0 saturated heterocycles. The molecule has 0 unspecified atom stereocenters. The van der Waals surface area contributed by atoms with E-state index >= 15 is 0 Å². The summed E-state index contributed by atoms with van der Waals surface area (Å²) in [5, 5.41) is 0. The second-order valence-electron chi connectivity index (χ2n) is 5.18. The van der Waals surface area contributed by atoms with Crippen molar-refractivity contribution in [2.75, 3.05) is 0 Å². The standard InChI is InChI=1S/C14H6Br2F6O5S2/c15-9-5-7(1-3-11(9)28(23,24)13(17,18)19)27-8-2-4-12(10(16)6-8)29(25,26)14(20,21)22/h1-6H. The van der Waals surface area contributed by atoms with Crippen LogP contribution in [0, 0.1) is 0 Å². The molecule has 2 aromatic rings. The van der Waals surface area contributed by atoms with Gasteiger partial charge in [-0.25, -0.2) is 16.8 Å². The van der Waals surface area contributed by atoms with Crippen molar-refractivity contribution in [2.24, 2.45) is 0 Å². The monoisotopic (exact) mass is 590 g/mol. The Labute approximate surface area is 176 Å². The Kier molecular flexibility index (Phi) is 6.39. The Morgan fingerprint density at radius 1 is 0.655 bits per heavy atom. The topological polar surface area (TPSA) is 77.5 Å². The highest BCUT2D eigenvalue weighted by Crippen LogP contribution is 2.39. The third-order valence-corrected chi connectivity index (χ3v) is 8.16. The van der Waals surface area contributed by atoms with Crippen LogP contribution in [0.25, 0.3) is 0 Å². The van der Waals surface area contributed by atoms with Crippen LogP contribution >= 0.6 is 31.9 Å². The number of hydrogen-bond acceptors (Lipinski definition) is 5. The highest BCUT2D eigenvalue weighted by atomic mass is 79.9. The molecule has 2 aromatic carbocycles. The summed E-state index contributed by atoms with van der Waals surface area (Å²) in [6, 6.07) is 4.81. The molecule has 0 spiro atoms. The Bertz CT molecular complexity index is 1070. The molecule has 0 amide bonds. The number of alkyl halides is 6. The fourth-order valence-electron chi connectivity index (χ4n) is 1.91. The summed E-state index contributed by atoms with van der Waals surface area (Å²) in [4.78, 5) is -2.13. The van der Waals surface area contributed by atoms with Gasteiger partial charge in [-0.15, -0.1) is 0 Å². The lowest BCUT2D eigenvalue weighted by Crippen LogP contribution is -2.23. The second kappa shape index (κ2) is 7.74. The lowest BCUT2D eigenvalue weighted by Gasteiger charge is -2.13. The average Bonchev–Trinajstić information content (AvgIpc) is 2.52. The van der Waals surface area contributed by atoms with E-state index in [1.54, 1.807) is 0 Å². The molecule has 0 atom stereocenters. The van der Waals surface area contributed by atoms with E-state index in [1.165, 1.54) is 0 Å². The molecule has 0 heterocycles. The lowest BCUT2D eigenvalue weighted by molar-refractivity contribution is -0.0442. The number of ether oxygens (including phenoxy) is 1. The average molecular weight is 592 g/mol. The SMILES string of the molecule is O=S(=O)(c1ccc(Oc2ccc(S(=O)(=O)C(F)(F)F)c(Br)c2)cc1Br)C(F)(F)F. The highest BCUT2D eigenvalue weighted by Gasteiger charge is 2.48. The van der Waals surface area contributed by atoms with Crippen LogP contribution in [-0.4, -0.2) is 27.9 Å². The molecular weight excluding hydrogens is 586 g/mol. The van der Waals surface area contributed by atoms with E-state index in [4.69, 9.17) is 4.74 Å². The molecule has 0 aromatic heterocycles. The molecule has 29 heavy (non-hydrogen) atoms. The predicted octanol–water partition coefficient (Wildman–Crippen LogP) is 5.59. The van der Waals surface area contributed by atoms with Crippen molar-refractivity contribution in [1.29, 1.82) is 0 Å². The summed E-state index contributed by atoms with van der Waals surface area (Å²) < 4.78 is 126. The molecule has 0 fully saturated rings. The summed E-state index contributed by atoms with van der Waals surface area (Å²) >= 11 is 5.38. The zero-order valence-electron chi connectivity index (χ0n) is 13.3. The number of sulfone groups is 2. The van der Waals surface area contributed by atoms with Crippen LogP contribution < -0.4 is 4.74 Å². The normalized spacial score (nSPS) is 13.4. The first-order valence-corrected chi connectivity index (χ1v) is 11.4. The van der Waals surface area contributed by atoms with E-state index in [2.05, 4.69) is 31.9 Å². The molecule has 5 nitrogen and oxygen atoms in total. The number of halogens is 8. The Hall–Kier alpha value is -1.32. The van der Waals surface area contributed by atoms with E-state index in [0.29, 0.717) is 12.1 Å². The number of rotatable bonds is 4. The molecule has 2 rings (SSSR count). The van der Waals surface area contributed by atoms with Crippen LogP contribution in [0.3, 0.4) is 0 Å². The minimum absolute atomic E-state index is 0.170. The smallest absolute Gasteiger partial charge is 0.457 e. The quantitative estimate of drug-likeness (QED) is 0.433. The van der Waals surface area contributed by atoms with E-state index in [9.17, 15) is 43.2 Å². The van der Waals surface area contributed by atoms with Gasteiger partial charge in [-0.3, -0.25) is 0 Å². The summed E-state index contributed by atoms with van der Waals surface area (Å²) in [6.45, 7) is 0. The highest BCUT2D eigenvalue weighted by molar-refractivity contribution is 9.10. The third kappa shape index (κ3) is 4.72. The molecule has 0 aliphatic heterocycles. The van der Waals surface area contributed by atoms with Crippen molar-refractivity contribution in [3.8, 4) is 11.5 Å². The summed E-state index contributed by atoms with van der Waals surface area (Å²) in [5.74, 6) is -0.340. The van der Waals surface area contributed by atoms with E-state index in [-0.39, 0.29) is 11.5 Å². The Balaban J connectivity index is 2.37. The zero-order valence-corrected chi connectivity index (χ0v) is 18.2. The van der Waals surface area contributed by atoms with Gasteiger partial charge < -0.3 is 4.74 Å². The van der Waals surface area contributed by atoms with Gasteiger partial charge in [-0.2, -0.15) is 26.3 Å². The maximum Gasteiger partial charge on any atom is 0.501 e. The zero-order chi connectivity index (χ0) is 22.4. The molecule has 0 aliphatic carbocycles. The van der Waals surface area contributed by atoms with Crippen LogP contribution in [0.4, 0.5) is 26.3 Å². The minimum atomic E-state index is -5.62.